The van der Waals surface area contributed by atoms with E-state index in [1.165, 1.54) is 0 Å². The van der Waals surface area contributed by atoms with Gasteiger partial charge in [-0.3, -0.25) is 14.8 Å². The summed E-state index contributed by atoms with van der Waals surface area (Å²) in [4.78, 5) is 23.9. The van der Waals surface area contributed by atoms with Crippen molar-refractivity contribution in [2.45, 2.75) is 33.4 Å². The molecular formula is C19H24N4O. The van der Waals surface area contributed by atoms with Crippen LogP contribution in [0.25, 0.3) is 0 Å². The van der Waals surface area contributed by atoms with Gasteiger partial charge in [-0.15, -0.1) is 0 Å². The molecule has 0 spiro atoms. The smallest absolute Gasteiger partial charge is 0.227 e. The van der Waals surface area contributed by atoms with Crippen molar-refractivity contribution in [2.24, 2.45) is 5.92 Å². The van der Waals surface area contributed by atoms with Crippen LogP contribution in [0.1, 0.15) is 29.2 Å². The lowest BCUT2D eigenvalue weighted by atomic mass is 10.1. The van der Waals surface area contributed by atoms with Gasteiger partial charge in [0.15, 0.2) is 0 Å². The molecule has 1 atom stereocenters. The first-order valence-electron chi connectivity index (χ1n) is 8.46. The van der Waals surface area contributed by atoms with Crippen molar-refractivity contribution in [3.8, 4) is 0 Å². The van der Waals surface area contributed by atoms with Gasteiger partial charge >= 0.3 is 0 Å². The van der Waals surface area contributed by atoms with E-state index in [1.54, 1.807) is 0 Å². The van der Waals surface area contributed by atoms with Crippen LogP contribution in [-0.2, 0) is 17.9 Å². The second-order valence-electron chi connectivity index (χ2n) is 6.42. The monoisotopic (exact) mass is 324 g/mol. The summed E-state index contributed by atoms with van der Waals surface area (Å²) >= 11 is 0. The molecule has 1 aliphatic heterocycles. The molecule has 1 N–H and O–H groups in total. The first kappa shape index (κ1) is 16.6. The molecule has 1 saturated heterocycles. The third kappa shape index (κ3) is 4.17. The molecule has 126 valence electrons. The van der Waals surface area contributed by atoms with Crippen molar-refractivity contribution in [3.05, 3.63) is 59.2 Å². The maximum Gasteiger partial charge on any atom is 0.227 e. The lowest BCUT2D eigenvalue weighted by molar-refractivity contribution is -0.136. The van der Waals surface area contributed by atoms with Crippen LogP contribution in [0.2, 0.25) is 0 Å². The number of rotatable bonds is 5. The topological polar surface area (TPSA) is 58.1 Å². The molecule has 1 aliphatic rings. The van der Waals surface area contributed by atoms with Crippen molar-refractivity contribution in [3.63, 3.8) is 0 Å². The van der Waals surface area contributed by atoms with Gasteiger partial charge in [0.1, 0.15) is 0 Å². The zero-order chi connectivity index (χ0) is 16.9. The number of amides is 1. The minimum atomic E-state index is 0.0552. The molecule has 0 radical (unpaired) electrons. The van der Waals surface area contributed by atoms with Gasteiger partial charge < -0.3 is 10.2 Å². The van der Waals surface area contributed by atoms with E-state index in [1.807, 2.05) is 55.1 Å². The molecule has 1 unspecified atom stereocenters. The zero-order valence-corrected chi connectivity index (χ0v) is 14.3. The first-order chi connectivity index (χ1) is 11.6. The van der Waals surface area contributed by atoms with Crippen LogP contribution in [0.5, 0.6) is 0 Å². The number of aromatic nitrogens is 2. The van der Waals surface area contributed by atoms with Gasteiger partial charge in [-0.2, -0.15) is 0 Å². The second kappa shape index (κ2) is 7.53. The third-order valence-corrected chi connectivity index (χ3v) is 4.32. The predicted molar refractivity (Wildman–Crippen MR) is 93.2 cm³/mol. The largest absolute Gasteiger partial charge is 0.331 e. The molecule has 0 bridgehead atoms. The summed E-state index contributed by atoms with van der Waals surface area (Å²) in [6.45, 7) is 6.66. The van der Waals surface area contributed by atoms with Crippen LogP contribution in [0.3, 0.4) is 0 Å². The van der Waals surface area contributed by atoms with Gasteiger partial charge in [0.05, 0.1) is 30.4 Å². The van der Waals surface area contributed by atoms with Crippen LogP contribution in [0.4, 0.5) is 0 Å². The molecule has 3 heterocycles. The summed E-state index contributed by atoms with van der Waals surface area (Å²) < 4.78 is 0. The SMILES string of the molecule is Cc1cccc(CN(Cc2cccc(C)n2)C(=O)C2CCNC2)n1. The van der Waals surface area contributed by atoms with E-state index >= 15 is 0 Å². The summed E-state index contributed by atoms with van der Waals surface area (Å²) in [6, 6.07) is 11.9. The lowest BCUT2D eigenvalue weighted by Gasteiger charge is -2.25. The van der Waals surface area contributed by atoms with Gasteiger partial charge in [-0.1, -0.05) is 12.1 Å². The van der Waals surface area contributed by atoms with E-state index in [9.17, 15) is 4.79 Å². The maximum absolute atomic E-state index is 13.0. The maximum atomic E-state index is 13.0. The van der Waals surface area contributed by atoms with Gasteiger partial charge in [0.2, 0.25) is 5.91 Å². The molecule has 2 aromatic heterocycles. The Hall–Kier alpha value is -2.27. The number of carbonyl (C=O) groups excluding carboxylic acids is 1. The number of aryl methyl sites for hydroxylation is 2. The van der Waals surface area contributed by atoms with Gasteiger partial charge in [0, 0.05) is 17.9 Å². The van der Waals surface area contributed by atoms with Crippen LogP contribution in [0, 0.1) is 19.8 Å². The van der Waals surface area contributed by atoms with E-state index in [4.69, 9.17) is 0 Å². The summed E-state index contributed by atoms with van der Waals surface area (Å²) in [5, 5.41) is 3.28. The number of pyridine rings is 2. The Bertz CT molecular complexity index is 663. The molecule has 24 heavy (non-hydrogen) atoms. The van der Waals surface area contributed by atoms with Crippen molar-refractivity contribution in [2.75, 3.05) is 13.1 Å². The molecule has 2 aromatic rings. The van der Waals surface area contributed by atoms with Crippen molar-refractivity contribution in [1.29, 1.82) is 0 Å². The van der Waals surface area contributed by atoms with E-state index in [0.29, 0.717) is 13.1 Å². The van der Waals surface area contributed by atoms with E-state index in [-0.39, 0.29) is 11.8 Å². The normalized spacial score (nSPS) is 17.0. The molecular weight excluding hydrogens is 300 g/mol. The molecule has 0 aliphatic carbocycles. The predicted octanol–water partition coefficient (Wildman–Crippen LogP) is 2.23. The summed E-state index contributed by atoms with van der Waals surface area (Å²) in [5.74, 6) is 0.242. The molecule has 5 nitrogen and oxygen atoms in total. The van der Waals surface area contributed by atoms with Gasteiger partial charge in [-0.05, 0) is 51.1 Å². The zero-order valence-electron chi connectivity index (χ0n) is 14.3. The molecule has 1 fully saturated rings. The fourth-order valence-electron chi connectivity index (χ4n) is 3.10. The van der Waals surface area contributed by atoms with Crippen LogP contribution in [0.15, 0.2) is 36.4 Å². The highest BCUT2D eigenvalue weighted by molar-refractivity contribution is 5.79. The van der Waals surface area contributed by atoms with Crippen LogP contribution in [-0.4, -0.2) is 33.9 Å². The number of nitrogens with one attached hydrogen (secondary N) is 1. The Morgan fingerprint density at radius 3 is 2.12 bits per heavy atom. The van der Waals surface area contributed by atoms with Crippen molar-refractivity contribution in [1.82, 2.24) is 20.2 Å². The van der Waals surface area contributed by atoms with E-state index < -0.39 is 0 Å². The number of nitrogens with zero attached hydrogens (tertiary/aromatic N) is 3. The summed E-state index contributed by atoms with van der Waals surface area (Å²) in [6.07, 6.45) is 0.901. The van der Waals surface area contributed by atoms with Crippen LogP contribution < -0.4 is 5.32 Å². The van der Waals surface area contributed by atoms with Gasteiger partial charge in [0.25, 0.3) is 0 Å². The highest BCUT2D eigenvalue weighted by atomic mass is 16.2. The first-order valence-corrected chi connectivity index (χ1v) is 8.46. The number of hydrogen-bond acceptors (Lipinski definition) is 4. The average molecular weight is 324 g/mol. The Balaban J connectivity index is 1.80. The van der Waals surface area contributed by atoms with E-state index in [0.717, 1.165) is 42.3 Å². The van der Waals surface area contributed by atoms with Crippen molar-refractivity contribution >= 4 is 5.91 Å². The standard InChI is InChI=1S/C19H24N4O/c1-14-5-3-7-17(21-14)12-23(19(24)16-9-10-20-11-16)13-18-8-4-6-15(2)22-18/h3-8,16,20H,9-13H2,1-2H3. The molecule has 1 amide bonds. The van der Waals surface area contributed by atoms with Gasteiger partial charge in [-0.25, -0.2) is 0 Å². The fourth-order valence-corrected chi connectivity index (χ4v) is 3.10. The Kier molecular flexibility index (Phi) is 5.20. The molecule has 0 saturated carbocycles. The minimum absolute atomic E-state index is 0.0552. The van der Waals surface area contributed by atoms with Crippen LogP contribution >= 0.6 is 0 Å². The highest BCUT2D eigenvalue weighted by Gasteiger charge is 2.27. The lowest BCUT2D eigenvalue weighted by Crippen LogP contribution is -2.36. The highest BCUT2D eigenvalue weighted by Crippen LogP contribution is 2.16. The number of carbonyl (C=O) groups is 1. The van der Waals surface area contributed by atoms with E-state index in [2.05, 4.69) is 15.3 Å². The number of hydrogen-bond donors (Lipinski definition) is 1. The third-order valence-electron chi connectivity index (χ3n) is 4.32. The molecule has 3 rings (SSSR count). The summed E-state index contributed by atoms with van der Waals surface area (Å²) in [5.41, 5.74) is 3.77. The fraction of sp³-hybridized carbons (Fsp3) is 0.421. The minimum Gasteiger partial charge on any atom is -0.331 e. The second-order valence-corrected chi connectivity index (χ2v) is 6.42. The molecule has 5 heteroatoms. The summed E-state index contributed by atoms with van der Waals surface area (Å²) in [7, 11) is 0. The molecule has 0 aromatic carbocycles. The average Bonchev–Trinajstić information content (AvgIpc) is 3.08. The van der Waals surface area contributed by atoms with Crippen molar-refractivity contribution < 1.29 is 4.79 Å². The quantitative estimate of drug-likeness (QED) is 0.916. The Morgan fingerprint density at radius 1 is 1.08 bits per heavy atom. The Labute approximate surface area is 143 Å². The Morgan fingerprint density at radius 2 is 1.67 bits per heavy atom.